The number of hydrogen-bond donors (Lipinski definition) is 1. The molecule has 1 aromatic carbocycles. The van der Waals surface area contributed by atoms with Crippen molar-refractivity contribution in [2.45, 2.75) is 6.42 Å². The third kappa shape index (κ3) is 2.50. The van der Waals surface area contributed by atoms with Crippen molar-refractivity contribution < 1.29 is 0 Å². The number of hydrogen-bond acceptors (Lipinski definition) is 2. The van der Waals surface area contributed by atoms with Crippen LogP contribution in [0.4, 0.5) is 0 Å². The molecule has 0 spiro atoms. The zero-order valence-electron chi connectivity index (χ0n) is 9.20. The number of fused-ring (bicyclic) bond motifs is 1. The van der Waals surface area contributed by atoms with E-state index in [9.17, 15) is 0 Å². The van der Waals surface area contributed by atoms with Gasteiger partial charge in [-0.1, -0.05) is 17.7 Å². The summed E-state index contributed by atoms with van der Waals surface area (Å²) < 4.78 is 1.32. The lowest BCUT2D eigenvalue weighted by Gasteiger charge is -2.13. The van der Waals surface area contributed by atoms with Crippen molar-refractivity contribution in [2.24, 2.45) is 0 Å². The van der Waals surface area contributed by atoms with Gasteiger partial charge in [0.05, 0.1) is 0 Å². The first-order chi connectivity index (χ1) is 7.84. The highest BCUT2D eigenvalue weighted by atomic mass is 35.5. The molecule has 0 unspecified atom stereocenters. The van der Waals surface area contributed by atoms with Gasteiger partial charge in [0.1, 0.15) is 0 Å². The Kier molecular flexibility index (Phi) is 4.10. The molecule has 0 fully saturated rings. The zero-order chi connectivity index (χ0) is 11.0. The molecule has 0 atom stereocenters. The molecule has 1 N–H and O–H groups in total. The van der Waals surface area contributed by atoms with Crippen LogP contribution in [0, 0.1) is 0 Å². The van der Waals surface area contributed by atoms with Crippen LogP contribution in [0.25, 0.3) is 15.7 Å². The molecule has 1 aliphatic rings. The summed E-state index contributed by atoms with van der Waals surface area (Å²) in [6.07, 6.45) is 3.39. The Bertz CT molecular complexity index is 560. The number of rotatable bonds is 1. The van der Waals surface area contributed by atoms with Crippen molar-refractivity contribution in [3.05, 3.63) is 40.2 Å². The smallest absolute Gasteiger partial charge is 0.0413 e. The van der Waals surface area contributed by atoms with Crippen LogP contribution >= 0.6 is 35.3 Å². The molecule has 2 aromatic rings. The molecule has 1 nitrogen and oxygen atoms in total. The van der Waals surface area contributed by atoms with Crippen molar-refractivity contribution in [3.63, 3.8) is 0 Å². The molecule has 1 aromatic heterocycles. The maximum atomic E-state index is 6.06. The van der Waals surface area contributed by atoms with Crippen molar-refractivity contribution in [2.75, 3.05) is 13.1 Å². The molecule has 4 heteroatoms. The minimum atomic E-state index is 0. The molecular formula is C13H13Cl2NS. The minimum Gasteiger partial charge on any atom is -0.313 e. The summed E-state index contributed by atoms with van der Waals surface area (Å²) in [6, 6.07) is 6.14. The molecule has 3 rings (SSSR count). The first-order valence-corrected chi connectivity index (χ1v) is 6.67. The largest absolute Gasteiger partial charge is 0.313 e. The van der Waals surface area contributed by atoms with E-state index in [2.05, 4.69) is 28.9 Å². The lowest BCUT2D eigenvalue weighted by atomic mass is 10.00. The summed E-state index contributed by atoms with van der Waals surface area (Å²) >= 11 is 7.86. The Balaban J connectivity index is 0.00000108. The van der Waals surface area contributed by atoms with Gasteiger partial charge in [0.15, 0.2) is 0 Å². The monoisotopic (exact) mass is 285 g/mol. The van der Waals surface area contributed by atoms with Gasteiger partial charge in [-0.05, 0) is 47.7 Å². The number of benzene rings is 1. The van der Waals surface area contributed by atoms with Gasteiger partial charge < -0.3 is 5.32 Å². The molecule has 0 radical (unpaired) electrons. The Morgan fingerprint density at radius 1 is 1.29 bits per heavy atom. The Hall–Kier alpha value is -0.540. The highest BCUT2D eigenvalue weighted by Gasteiger charge is 2.11. The lowest BCUT2D eigenvalue weighted by Crippen LogP contribution is -2.19. The fourth-order valence-electron chi connectivity index (χ4n) is 2.12. The van der Waals surface area contributed by atoms with Crippen LogP contribution in [0.5, 0.6) is 0 Å². The Morgan fingerprint density at radius 3 is 2.94 bits per heavy atom. The van der Waals surface area contributed by atoms with Crippen LogP contribution in [-0.4, -0.2) is 13.1 Å². The maximum Gasteiger partial charge on any atom is 0.0413 e. The van der Waals surface area contributed by atoms with E-state index in [1.54, 1.807) is 11.3 Å². The normalized spacial score (nSPS) is 15.5. The number of thiophene rings is 1. The molecule has 0 amide bonds. The minimum absolute atomic E-state index is 0. The van der Waals surface area contributed by atoms with Crippen LogP contribution in [0.3, 0.4) is 0 Å². The third-order valence-electron chi connectivity index (χ3n) is 2.95. The first kappa shape index (κ1) is 12.9. The molecule has 17 heavy (non-hydrogen) atoms. The quantitative estimate of drug-likeness (QED) is 0.821. The molecule has 90 valence electrons. The van der Waals surface area contributed by atoms with Gasteiger partial charge >= 0.3 is 0 Å². The summed E-state index contributed by atoms with van der Waals surface area (Å²) in [6.45, 7) is 2.05. The van der Waals surface area contributed by atoms with E-state index in [0.29, 0.717) is 0 Å². The zero-order valence-corrected chi connectivity index (χ0v) is 11.6. The topological polar surface area (TPSA) is 12.0 Å². The standard InChI is InChI=1S/C13H12ClNS.ClH/c14-10-1-2-13-11(7-10)12(8-16-13)9-3-5-15-6-4-9;/h1-3,7-8,15H,4-6H2;1H. The first-order valence-electron chi connectivity index (χ1n) is 5.41. The van der Waals surface area contributed by atoms with Gasteiger partial charge in [0.2, 0.25) is 0 Å². The predicted molar refractivity (Wildman–Crippen MR) is 79.5 cm³/mol. The lowest BCUT2D eigenvalue weighted by molar-refractivity contribution is 0.739. The second-order valence-electron chi connectivity index (χ2n) is 3.97. The van der Waals surface area contributed by atoms with Crippen LogP contribution in [-0.2, 0) is 0 Å². The summed E-state index contributed by atoms with van der Waals surface area (Å²) in [5.74, 6) is 0. The second-order valence-corrected chi connectivity index (χ2v) is 5.32. The fraction of sp³-hybridized carbons (Fsp3) is 0.231. The van der Waals surface area contributed by atoms with Gasteiger partial charge in [-0.3, -0.25) is 0 Å². The summed E-state index contributed by atoms with van der Waals surface area (Å²) in [5, 5.41) is 7.70. The molecule has 1 aliphatic heterocycles. The van der Waals surface area contributed by atoms with Gasteiger partial charge in [0.25, 0.3) is 0 Å². The SMILES string of the molecule is Cl.Clc1ccc2scc(C3=CCNCC3)c2c1. The van der Waals surface area contributed by atoms with Crippen LogP contribution in [0.2, 0.25) is 5.02 Å². The van der Waals surface area contributed by atoms with Crippen molar-refractivity contribution >= 4 is 51.0 Å². The van der Waals surface area contributed by atoms with E-state index in [1.807, 2.05) is 6.07 Å². The number of halogens is 2. The molecular weight excluding hydrogens is 273 g/mol. The van der Waals surface area contributed by atoms with E-state index in [-0.39, 0.29) is 12.4 Å². The van der Waals surface area contributed by atoms with E-state index in [0.717, 1.165) is 24.5 Å². The van der Waals surface area contributed by atoms with Crippen molar-refractivity contribution in [1.82, 2.24) is 5.32 Å². The maximum absolute atomic E-state index is 6.06. The molecule has 2 heterocycles. The van der Waals surface area contributed by atoms with Crippen LogP contribution < -0.4 is 5.32 Å². The molecule has 0 saturated heterocycles. The Morgan fingerprint density at radius 2 is 2.18 bits per heavy atom. The van der Waals surface area contributed by atoms with E-state index < -0.39 is 0 Å². The average molecular weight is 286 g/mol. The highest BCUT2D eigenvalue weighted by molar-refractivity contribution is 7.17. The van der Waals surface area contributed by atoms with Crippen LogP contribution in [0.15, 0.2) is 29.7 Å². The van der Waals surface area contributed by atoms with Crippen LogP contribution in [0.1, 0.15) is 12.0 Å². The van der Waals surface area contributed by atoms with E-state index in [1.165, 1.54) is 21.2 Å². The van der Waals surface area contributed by atoms with Gasteiger partial charge in [-0.25, -0.2) is 0 Å². The molecule has 0 bridgehead atoms. The summed E-state index contributed by atoms with van der Waals surface area (Å²) in [5.41, 5.74) is 2.82. The highest BCUT2D eigenvalue weighted by Crippen LogP contribution is 2.34. The summed E-state index contributed by atoms with van der Waals surface area (Å²) in [4.78, 5) is 0. The van der Waals surface area contributed by atoms with E-state index in [4.69, 9.17) is 11.6 Å². The fourth-order valence-corrected chi connectivity index (χ4v) is 3.25. The molecule has 0 aliphatic carbocycles. The second kappa shape index (κ2) is 5.40. The molecule has 0 saturated carbocycles. The summed E-state index contributed by atoms with van der Waals surface area (Å²) in [7, 11) is 0. The van der Waals surface area contributed by atoms with Crippen molar-refractivity contribution in [3.8, 4) is 0 Å². The van der Waals surface area contributed by atoms with E-state index >= 15 is 0 Å². The third-order valence-corrected chi connectivity index (χ3v) is 4.14. The average Bonchev–Trinajstić information content (AvgIpc) is 2.73. The Labute approximate surface area is 116 Å². The van der Waals surface area contributed by atoms with Gasteiger partial charge in [-0.2, -0.15) is 0 Å². The number of nitrogens with one attached hydrogen (secondary N) is 1. The van der Waals surface area contributed by atoms with Crippen molar-refractivity contribution in [1.29, 1.82) is 0 Å². The van der Waals surface area contributed by atoms with Gasteiger partial charge in [0, 0.05) is 21.7 Å². The predicted octanol–water partition coefficient (Wildman–Crippen LogP) is 4.35. The van der Waals surface area contributed by atoms with Gasteiger partial charge in [-0.15, -0.1) is 23.7 Å².